The smallest absolute Gasteiger partial charge is 0.227 e. The highest BCUT2D eigenvalue weighted by Crippen LogP contribution is 2.60. The van der Waals surface area contributed by atoms with Crippen molar-refractivity contribution in [2.45, 2.75) is 12.3 Å². The number of anilines is 1. The molecule has 116 valence electrons. The van der Waals surface area contributed by atoms with Crippen LogP contribution in [0, 0.1) is 11.8 Å². The van der Waals surface area contributed by atoms with Gasteiger partial charge in [-0.2, -0.15) is 0 Å². The quantitative estimate of drug-likeness (QED) is 0.947. The first kappa shape index (κ1) is 14.0. The molecule has 0 saturated heterocycles. The molecule has 2 aromatic carbocycles. The van der Waals surface area contributed by atoms with Gasteiger partial charge in [0.1, 0.15) is 5.84 Å². The maximum absolute atomic E-state index is 12.6. The van der Waals surface area contributed by atoms with Crippen molar-refractivity contribution in [2.75, 3.05) is 11.9 Å². The van der Waals surface area contributed by atoms with Crippen molar-refractivity contribution in [1.82, 2.24) is 0 Å². The molecule has 0 radical (unpaired) electrons. The van der Waals surface area contributed by atoms with Crippen molar-refractivity contribution in [2.24, 2.45) is 22.6 Å². The first-order chi connectivity index (χ1) is 11.2. The average molecular weight is 305 g/mol. The van der Waals surface area contributed by atoms with Gasteiger partial charge >= 0.3 is 0 Å². The van der Waals surface area contributed by atoms with Crippen molar-refractivity contribution in [3.8, 4) is 0 Å². The van der Waals surface area contributed by atoms with Gasteiger partial charge in [-0.3, -0.25) is 4.79 Å². The molecule has 0 aromatic heterocycles. The molecule has 2 aliphatic rings. The fourth-order valence-electron chi connectivity index (χ4n) is 3.67. The molecule has 0 spiro atoms. The summed E-state index contributed by atoms with van der Waals surface area (Å²) in [5, 5.41) is 0. The second-order valence-corrected chi connectivity index (χ2v) is 6.30. The van der Waals surface area contributed by atoms with E-state index in [1.807, 2.05) is 55.6 Å². The number of nitrogens with two attached hydrogens (primary N) is 1. The van der Waals surface area contributed by atoms with E-state index in [-0.39, 0.29) is 17.7 Å². The molecule has 2 N–H and O–H groups in total. The lowest BCUT2D eigenvalue weighted by Crippen LogP contribution is -2.27. The zero-order chi connectivity index (χ0) is 16.0. The molecule has 1 amide bonds. The maximum atomic E-state index is 12.6. The number of carbonyl (C=O) groups is 1. The van der Waals surface area contributed by atoms with E-state index in [9.17, 15) is 4.79 Å². The number of amides is 1. The van der Waals surface area contributed by atoms with Crippen LogP contribution in [0.25, 0.3) is 0 Å². The topological polar surface area (TPSA) is 58.7 Å². The third kappa shape index (κ3) is 2.31. The Balaban J connectivity index is 1.52. The molecule has 3 atom stereocenters. The summed E-state index contributed by atoms with van der Waals surface area (Å²) in [7, 11) is 1.83. The van der Waals surface area contributed by atoms with Gasteiger partial charge in [0.15, 0.2) is 0 Å². The summed E-state index contributed by atoms with van der Waals surface area (Å²) in [5.74, 6) is 1.63. The molecular weight excluding hydrogens is 286 g/mol. The number of hydrogen-bond acceptors (Lipinski definition) is 3. The van der Waals surface area contributed by atoms with Gasteiger partial charge in [0, 0.05) is 31.0 Å². The molecule has 1 fully saturated rings. The summed E-state index contributed by atoms with van der Waals surface area (Å²) in [5.41, 5.74) is 9.22. The largest absolute Gasteiger partial charge is 0.387 e. The molecule has 1 aliphatic carbocycles. The predicted octanol–water partition coefficient (Wildman–Crippen LogP) is 3.07. The lowest BCUT2D eigenvalue weighted by Gasteiger charge is -2.17. The first-order valence-corrected chi connectivity index (χ1v) is 7.91. The summed E-state index contributed by atoms with van der Waals surface area (Å²) >= 11 is 0. The van der Waals surface area contributed by atoms with Crippen LogP contribution < -0.4 is 10.6 Å². The van der Waals surface area contributed by atoms with Crippen LogP contribution in [-0.4, -0.2) is 18.8 Å². The van der Waals surface area contributed by atoms with Crippen LogP contribution in [0.5, 0.6) is 0 Å². The van der Waals surface area contributed by atoms with E-state index in [0.717, 1.165) is 11.4 Å². The van der Waals surface area contributed by atoms with Gasteiger partial charge in [-0.15, -0.1) is 0 Å². The van der Waals surface area contributed by atoms with Crippen LogP contribution in [0.3, 0.4) is 0 Å². The van der Waals surface area contributed by atoms with E-state index in [2.05, 4.69) is 11.1 Å². The molecule has 4 heteroatoms. The minimum Gasteiger partial charge on any atom is -0.387 e. The van der Waals surface area contributed by atoms with Gasteiger partial charge in [-0.1, -0.05) is 36.4 Å². The first-order valence-electron chi connectivity index (χ1n) is 7.91. The van der Waals surface area contributed by atoms with Crippen molar-refractivity contribution >= 4 is 23.1 Å². The Morgan fingerprint density at radius 3 is 2.57 bits per heavy atom. The summed E-state index contributed by atoms with van der Waals surface area (Å²) in [6, 6.07) is 17.8. The SMILES string of the molecule is CN(C(=O)CC1C2C(N)=Nc3ccccc3C12)c1ccccc1. The number of fused-ring (bicyclic) bond motifs is 3. The predicted molar refractivity (Wildman–Crippen MR) is 91.9 cm³/mol. The van der Waals surface area contributed by atoms with Crippen LogP contribution in [-0.2, 0) is 4.79 Å². The zero-order valence-corrected chi connectivity index (χ0v) is 13.0. The third-order valence-corrected chi connectivity index (χ3v) is 4.98. The zero-order valence-electron chi connectivity index (χ0n) is 13.0. The van der Waals surface area contributed by atoms with Crippen LogP contribution in [0.15, 0.2) is 59.6 Å². The highest BCUT2D eigenvalue weighted by atomic mass is 16.2. The molecule has 2 aromatic rings. The van der Waals surface area contributed by atoms with E-state index in [4.69, 9.17) is 5.73 Å². The lowest BCUT2D eigenvalue weighted by atomic mass is 10.0. The van der Waals surface area contributed by atoms with Crippen LogP contribution in [0.1, 0.15) is 17.9 Å². The Labute approximate surface area is 135 Å². The van der Waals surface area contributed by atoms with Crippen molar-refractivity contribution < 1.29 is 4.79 Å². The Kier molecular flexibility index (Phi) is 3.18. The Hall–Kier alpha value is -2.62. The van der Waals surface area contributed by atoms with Gasteiger partial charge in [0.25, 0.3) is 0 Å². The highest BCUT2D eigenvalue weighted by Gasteiger charge is 2.56. The number of aliphatic imine (C=N–C) groups is 1. The number of benzene rings is 2. The summed E-state index contributed by atoms with van der Waals surface area (Å²) in [4.78, 5) is 18.8. The van der Waals surface area contributed by atoms with Gasteiger partial charge in [0.2, 0.25) is 5.91 Å². The van der Waals surface area contributed by atoms with E-state index in [1.165, 1.54) is 5.56 Å². The number of hydrogen-bond donors (Lipinski definition) is 1. The van der Waals surface area contributed by atoms with Crippen molar-refractivity contribution in [1.29, 1.82) is 0 Å². The molecule has 1 aliphatic heterocycles. The minimum atomic E-state index is 0.126. The lowest BCUT2D eigenvalue weighted by molar-refractivity contribution is -0.118. The second-order valence-electron chi connectivity index (χ2n) is 6.30. The van der Waals surface area contributed by atoms with Crippen LogP contribution >= 0.6 is 0 Å². The van der Waals surface area contributed by atoms with Gasteiger partial charge in [-0.05, 0) is 29.7 Å². The Morgan fingerprint density at radius 1 is 1.09 bits per heavy atom. The molecule has 1 heterocycles. The number of amidine groups is 1. The average Bonchev–Trinajstić information content (AvgIpc) is 3.30. The fourth-order valence-corrected chi connectivity index (χ4v) is 3.67. The highest BCUT2D eigenvalue weighted by molar-refractivity contribution is 5.97. The normalized spacial score (nSPS) is 24.2. The standard InChI is InChI=1S/C19H19N3O/c1-22(12-7-3-2-4-8-12)16(23)11-14-17-13-9-5-6-10-15(13)21-19(20)18(14)17/h2-10,14,17-18H,11H2,1H3,(H2,20,21). The van der Waals surface area contributed by atoms with Gasteiger partial charge < -0.3 is 10.6 Å². The van der Waals surface area contributed by atoms with Crippen molar-refractivity contribution in [3.63, 3.8) is 0 Å². The Morgan fingerprint density at radius 2 is 1.78 bits per heavy atom. The molecule has 23 heavy (non-hydrogen) atoms. The van der Waals surface area contributed by atoms with Crippen LogP contribution in [0.2, 0.25) is 0 Å². The van der Waals surface area contributed by atoms with Crippen molar-refractivity contribution in [3.05, 3.63) is 60.2 Å². The molecule has 3 unspecified atom stereocenters. The Bertz CT molecular complexity index is 784. The molecule has 4 rings (SSSR count). The number of nitrogens with zero attached hydrogens (tertiary/aromatic N) is 2. The minimum absolute atomic E-state index is 0.126. The third-order valence-electron chi connectivity index (χ3n) is 4.98. The van der Waals surface area contributed by atoms with E-state index in [1.54, 1.807) is 4.90 Å². The molecule has 1 saturated carbocycles. The molecule has 4 nitrogen and oxygen atoms in total. The van der Waals surface area contributed by atoms with Gasteiger partial charge in [-0.25, -0.2) is 4.99 Å². The molecule has 0 bridgehead atoms. The van der Waals surface area contributed by atoms with E-state index in [0.29, 0.717) is 18.2 Å². The van der Waals surface area contributed by atoms with Gasteiger partial charge in [0.05, 0.1) is 5.69 Å². The summed E-state index contributed by atoms with van der Waals surface area (Å²) in [6.07, 6.45) is 0.505. The summed E-state index contributed by atoms with van der Waals surface area (Å²) < 4.78 is 0. The summed E-state index contributed by atoms with van der Waals surface area (Å²) in [6.45, 7) is 0. The number of rotatable bonds is 3. The fraction of sp³-hybridized carbons (Fsp3) is 0.263. The monoisotopic (exact) mass is 305 g/mol. The molecular formula is C19H19N3O. The maximum Gasteiger partial charge on any atom is 0.227 e. The second kappa shape index (κ2) is 5.23. The van der Waals surface area contributed by atoms with E-state index < -0.39 is 0 Å². The van der Waals surface area contributed by atoms with Crippen LogP contribution in [0.4, 0.5) is 11.4 Å². The van der Waals surface area contributed by atoms with E-state index >= 15 is 0 Å². The number of carbonyl (C=O) groups excluding carboxylic acids is 1. The number of para-hydroxylation sites is 2.